The first kappa shape index (κ1) is 34.4. The Morgan fingerprint density at radius 1 is 0.796 bits per heavy atom. The summed E-state index contributed by atoms with van der Waals surface area (Å²) in [6.45, 7) is 4.81. The van der Waals surface area contributed by atoms with E-state index < -0.39 is 26.2 Å². The maximum Gasteiger partial charge on any atom is 0.289 e. The maximum absolute atomic E-state index is 13.5. The van der Waals surface area contributed by atoms with Crippen molar-refractivity contribution in [1.82, 2.24) is 9.62 Å². The molecule has 3 atom stereocenters. The predicted octanol–water partition coefficient (Wildman–Crippen LogP) is 7.67. The molecule has 0 saturated carbocycles. The Morgan fingerprint density at radius 2 is 1.31 bits per heavy atom. The predicted molar refractivity (Wildman–Crippen MR) is 195 cm³/mol. The molecule has 1 fully saturated rings. The van der Waals surface area contributed by atoms with E-state index in [0.717, 1.165) is 26.7 Å². The molecular weight excluding hydrogens is 702 g/mol. The van der Waals surface area contributed by atoms with Gasteiger partial charge in [0.1, 0.15) is 5.60 Å². The molecule has 0 amide bonds. The van der Waals surface area contributed by atoms with E-state index in [1.165, 1.54) is 24.3 Å². The molecule has 6 rings (SSSR count). The molecule has 0 spiro atoms. The van der Waals surface area contributed by atoms with Crippen LogP contribution in [0.1, 0.15) is 28.2 Å². The topological polar surface area (TPSA) is 102 Å². The smallest absolute Gasteiger partial charge is 0.289 e. The van der Waals surface area contributed by atoms with Crippen molar-refractivity contribution < 1.29 is 18.1 Å². The quantitative estimate of drug-likeness (QED) is 0.0544. The highest BCUT2D eigenvalue weighted by molar-refractivity contribution is 9.10. The lowest BCUT2D eigenvalue weighted by Gasteiger charge is -2.56. The number of nitro groups is 1. The van der Waals surface area contributed by atoms with Gasteiger partial charge in [-0.1, -0.05) is 137 Å². The number of benzene rings is 5. The van der Waals surface area contributed by atoms with E-state index in [2.05, 4.69) is 68.5 Å². The van der Waals surface area contributed by atoms with Crippen LogP contribution < -0.4 is 4.72 Å². The zero-order valence-electron chi connectivity index (χ0n) is 26.6. The molecule has 0 bridgehead atoms. The molecule has 0 unspecified atom stereocenters. The number of ether oxygens (including phenoxy) is 1. The van der Waals surface area contributed by atoms with Gasteiger partial charge in [0.15, 0.2) is 4.90 Å². The van der Waals surface area contributed by atoms with Crippen LogP contribution in [0.3, 0.4) is 0 Å². The van der Waals surface area contributed by atoms with E-state index >= 15 is 0 Å². The van der Waals surface area contributed by atoms with Crippen LogP contribution in [0.25, 0.3) is 0 Å². The molecule has 49 heavy (non-hydrogen) atoms. The third-order valence-corrected chi connectivity index (χ3v) is 11.1. The second-order valence-corrected chi connectivity index (χ2v) is 14.5. The summed E-state index contributed by atoms with van der Waals surface area (Å²) in [5.74, 6) is -0.137. The molecule has 5 aromatic carbocycles. The highest BCUT2D eigenvalue weighted by atomic mass is 79.9. The lowest BCUT2D eigenvalue weighted by Crippen LogP contribution is -2.67. The minimum absolute atomic E-state index is 0.0284. The zero-order chi connectivity index (χ0) is 34.4. The third kappa shape index (κ3) is 7.01. The normalized spacial score (nSPS) is 18.0. The average Bonchev–Trinajstić information content (AvgIpc) is 3.13. The van der Waals surface area contributed by atoms with Gasteiger partial charge in [0.05, 0.1) is 11.5 Å². The second-order valence-electron chi connectivity index (χ2n) is 11.9. The molecule has 8 nitrogen and oxygen atoms in total. The second kappa shape index (κ2) is 15.0. The largest absolute Gasteiger partial charge is 0.359 e. The van der Waals surface area contributed by atoms with Gasteiger partial charge < -0.3 is 4.74 Å². The minimum Gasteiger partial charge on any atom is -0.359 e. The summed E-state index contributed by atoms with van der Waals surface area (Å²) < 4.78 is 37.8. The van der Waals surface area contributed by atoms with Crippen molar-refractivity contribution >= 4 is 31.6 Å². The monoisotopic (exact) mass is 737 g/mol. The Bertz CT molecular complexity index is 1900. The molecule has 1 saturated heterocycles. The number of nitrogens with one attached hydrogen (secondary N) is 1. The Hall–Kier alpha value is -4.45. The molecule has 5 aromatic rings. The maximum atomic E-state index is 13.5. The Balaban J connectivity index is 1.38. The van der Waals surface area contributed by atoms with Crippen LogP contribution in [0.2, 0.25) is 0 Å². The summed E-state index contributed by atoms with van der Waals surface area (Å²) >= 11 is 3.54. The van der Waals surface area contributed by atoms with Gasteiger partial charge in [-0.25, -0.2) is 13.1 Å². The van der Waals surface area contributed by atoms with Crippen LogP contribution in [0.15, 0.2) is 162 Å². The van der Waals surface area contributed by atoms with Crippen molar-refractivity contribution in [1.29, 1.82) is 0 Å². The van der Waals surface area contributed by atoms with Crippen molar-refractivity contribution in [3.63, 3.8) is 0 Å². The molecule has 1 N–H and O–H groups in total. The number of sulfonamides is 1. The number of nitrogens with zero attached hydrogens (tertiary/aromatic N) is 2. The summed E-state index contributed by atoms with van der Waals surface area (Å²) in [6.07, 6.45) is 1.80. The van der Waals surface area contributed by atoms with E-state index in [0.29, 0.717) is 13.2 Å². The number of halogens is 1. The fourth-order valence-corrected chi connectivity index (χ4v) is 8.38. The van der Waals surface area contributed by atoms with Crippen LogP contribution in [-0.4, -0.2) is 50.0 Å². The molecular formula is C39H36BrN3O5S. The Labute approximate surface area is 295 Å². The zero-order valence-corrected chi connectivity index (χ0v) is 29.0. The number of para-hydroxylation sites is 1. The Kier molecular flexibility index (Phi) is 10.5. The highest BCUT2D eigenvalue weighted by Gasteiger charge is 2.50. The van der Waals surface area contributed by atoms with Gasteiger partial charge in [-0.05, 0) is 40.5 Å². The van der Waals surface area contributed by atoms with Crippen LogP contribution in [-0.2, 0) is 20.4 Å². The number of rotatable bonds is 14. The van der Waals surface area contributed by atoms with E-state index in [1.807, 2.05) is 78.9 Å². The number of hydrogen-bond acceptors (Lipinski definition) is 6. The van der Waals surface area contributed by atoms with Gasteiger partial charge in [0.2, 0.25) is 10.0 Å². The van der Waals surface area contributed by atoms with Crippen molar-refractivity contribution in [3.05, 3.63) is 189 Å². The fraction of sp³-hybridized carbons (Fsp3) is 0.179. The number of nitro benzene ring substituents is 1. The van der Waals surface area contributed by atoms with E-state index in [9.17, 15) is 18.5 Å². The fourth-order valence-electron chi connectivity index (χ4n) is 6.89. The summed E-state index contributed by atoms with van der Waals surface area (Å²) in [5.41, 5.74) is 2.56. The van der Waals surface area contributed by atoms with E-state index in [1.54, 1.807) is 6.08 Å². The summed E-state index contributed by atoms with van der Waals surface area (Å²) in [6, 6.07) is 43.4. The van der Waals surface area contributed by atoms with Crippen molar-refractivity contribution in [2.24, 2.45) is 0 Å². The van der Waals surface area contributed by atoms with Gasteiger partial charge in [-0.2, -0.15) is 0 Å². The van der Waals surface area contributed by atoms with Crippen molar-refractivity contribution in [2.75, 3.05) is 19.7 Å². The lowest BCUT2D eigenvalue weighted by molar-refractivity contribution is -0.387. The first-order valence-electron chi connectivity index (χ1n) is 15.9. The molecule has 0 aliphatic carbocycles. The van der Waals surface area contributed by atoms with Crippen LogP contribution in [0, 0.1) is 10.1 Å². The highest BCUT2D eigenvalue weighted by Crippen LogP contribution is 2.45. The summed E-state index contributed by atoms with van der Waals surface area (Å²) in [5, 5.41) is 11.7. The van der Waals surface area contributed by atoms with Gasteiger partial charge in [-0.3, -0.25) is 15.0 Å². The summed E-state index contributed by atoms with van der Waals surface area (Å²) in [7, 11) is -4.20. The molecule has 0 aromatic heterocycles. The van der Waals surface area contributed by atoms with Crippen LogP contribution in [0.5, 0.6) is 0 Å². The lowest BCUT2D eigenvalue weighted by atomic mass is 9.74. The third-order valence-electron chi connectivity index (χ3n) is 9.12. The SMILES string of the molecule is C=CCN1[C@H](CNS(=O)(=O)c2ccccc2[N+](=O)[O-])[C@@H](c2ccc(Br)cc2)[C@H]1COC(c1ccccc1)(c1ccccc1)c1ccccc1. The van der Waals surface area contributed by atoms with Gasteiger partial charge in [0, 0.05) is 41.6 Å². The molecule has 0 radical (unpaired) electrons. The first-order valence-corrected chi connectivity index (χ1v) is 18.2. The molecule has 10 heteroatoms. The van der Waals surface area contributed by atoms with E-state index in [-0.39, 0.29) is 29.4 Å². The van der Waals surface area contributed by atoms with Crippen LogP contribution >= 0.6 is 15.9 Å². The average molecular weight is 739 g/mol. The Morgan fingerprint density at radius 3 is 1.82 bits per heavy atom. The van der Waals surface area contributed by atoms with Gasteiger partial charge in [0.25, 0.3) is 5.69 Å². The number of likely N-dealkylation sites (tertiary alicyclic amines) is 1. The van der Waals surface area contributed by atoms with Gasteiger partial charge >= 0.3 is 0 Å². The standard InChI is InChI=1S/C39H36BrN3O5S/c1-2-26-42-35(27-41-49(46,47)37-21-13-12-20-34(37)43(44)45)38(29-22-24-33(40)25-23-29)36(42)28-48-39(30-14-6-3-7-15-30,31-16-8-4-9-17-31)32-18-10-5-11-19-32/h2-25,35-36,38,41H,1,26-28H2/t35-,36-,38-/m1/s1. The summed E-state index contributed by atoms with van der Waals surface area (Å²) in [4.78, 5) is 12.8. The molecule has 1 aliphatic heterocycles. The first-order chi connectivity index (χ1) is 23.8. The minimum atomic E-state index is -4.20. The van der Waals surface area contributed by atoms with Gasteiger partial charge in [-0.15, -0.1) is 6.58 Å². The van der Waals surface area contributed by atoms with E-state index in [4.69, 9.17) is 4.74 Å². The van der Waals surface area contributed by atoms with Crippen molar-refractivity contribution in [3.8, 4) is 0 Å². The van der Waals surface area contributed by atoms with Crippen molar-refractivity contribution in [2.45, 2.75) is 28.5 Å². The molecule has 250 valence electrons. The molecule has 1 aliphatic rings. The van der Waals surface area contributed by atoms with Crippen LogP contribution in [0.4, 0.5) is 5.69 Å². The molecule has 1 heterocycles. The number of hydrogen-bond donors (Lipinski definition) is 1.